The van der Waals surface area contributed by atoms with Gasteiger partial charge in [-0.1, -0.05) is 6.07 Å². The lowest BCUT2D eigenvalue weighted by Gasteiger charge is -2.21. The zero-order valence-electron chi connectivity index (χ0n) is 10.2. The average Bonchev–Trinajstić information content (AvgIpc) is 3.09. The minimum Gasteiger partial charge on any atom is -0.326 e. The van der Waals surface area contributed by atoms with Gasteiger partial charge in [0.25, 0.3) is 0 Å². The summed E-state index contributed by atoms with van der Waals surface area (Å²) in [4.78, 5) is -0.240. The Hall–Kier alpha value is -0.640. The van der Waals surface area contributed by atoms with Crippen molar-refractivity contribution in [1.29, 1.82) is 0 Å². The fourth-order valence-electron chi connectivity index (χ4n) is 1.76. The Morgan fingerprint density at radius 3 is 2.40 bits per heavy atom. The molecule has 1 aromatic carbocycles. The second kappa shape index (κ2) is 4.97. The van der Waals surface area contributed by atoms with Crippen molar-refractivity contribution in [3.05, 3.63) is 28.2 Å². The first-order chi connectivity index (χ1) is 9.11. The number of nitrogens with one attached hydrogen (secondary N) is 1. The lowest BCUT2D eigenvalue weighted by molar-refractivity contribution is -0.160. The van der Waals surface area contributed by atoms with Gasteiger partial charge in [-0.3, -0.25) is 0 Å². The number of rotatable bonds is 4. The van der Waals surface area contributed by atoms with Crippen LogP contribution in [0.25, 0.3) is 0 Å². The van der Waals surface area contributed by atoms with Gasteiger partial charge in [0.15, 0.2) is 0 Å². The molecular weight excluding hydrogens is 361 g/mol. The van der Waals surface area contributed by atoms with Crippen molar-refractivity contribution in [2.24, 2.45) is 5.73 Å². The lowest BCUT2D eigenvalue weighted by Crippen LogP contribution is -2.47. The van der Waals surface area contributed by atoms with E-state index < -0.39 is 21.7 Å². The smallest absolute Gasteiger partial charge is 0.326 e. The molecule has 112 valence electrons. The van der Waals surface area contributed by atoms with E-state index in [0.717, 1.165) is 0 Å². The highest BCUT2D eigenvalue weighted by Gasteiger charge is 2.65. The highest BCUT2D eigenvalue weighted by Crippen LogP contribution is 2.49. The maximum atomic E-state index is 12.8. The first kappa shape index (κ1) is 15.7. The van der Waals surface area contributed by atoms with E-state index in [2.05, 4.69) is 15.9 Å². The van der Waals surface area contributed by atoms with Crippen molar-refractivity contribution in [3.8, 4) is 0 Å². The molecule has 3 N–H and O–H groups in total. The topological polar surface area (TPSA) is 72.2 Å². The molecule has 0 saturated heterocycles. The van der Waals surface area contributed by atoms with Gasteiger partial charge in [-0.05, 0) is 46.5 Å². The molecule has 0 aromatic heterocycles. The van der Waals surface area contributed by atoms with Gasteiger partial charge in [0.1, 0.15) is 5.54 Å². The van der Waals surface area contributed by atoms with Gasteiger partial charge in [0.2, 0.25) is 10.0 Å². The monoisotopic (exact) mass is 372 g/mol. The largest absolute Gasteiger partial charge is 0.407 e. The van der Waals surface area contributed by atoms with Crippen LogP contribution in [0.4, 0.5) is 13.2 Å². The zero-order valence-corrected chi connectivity index (χ0v) is 12.6. The van der Waals surface area contributed by atoms with E-state index in [4.69, 9.17) is 5.73 Å². The molecule has 0 unspecified atom stereocenters. The van der Waals surface area contributed by atoms with E-state index >= 15 is 0 Å². The van der Waals surface area contributed by atoms with Crippen LogP contribution < -0.4 is 10.5 Å². The minimum absolute atomic E-state index is 0.0974. The number of alkyl halides is 3. The number of nitrogens with two attached hydrogens (primary N) is 1. The lowest BCUT2D eigenvalue weighted by atomic mass is 10.2. The fourth-order valence-corrected chi connectivity index (χ4v) is 4.22. The van der Waals surface area contributed by atoms with Crippen LogP contribution in [-0.4, -0.2) is 20.1 Å². The van der Waals surface area contributed by atoms with Gasteiger partial charge in [-0.15, -0.1) is 0 Å². The Morgan fingerprint density at radius 2 is 1.95 bits per heavy atom. The summed E-state index contributed by atoms with van der Waals surface area (Å²) < 4.78 is 64.7. The number of sulfonamides is 1. The maximum Gasteiger partial charge on any atom is 0.407 e. The molecule has 0 radical (unpaired) electrons. The Labute approximate surface area is 122 Å². The van der Waals surface area contributed by atoms with E-state index in [9.17, 15) is 21.6 Å². The van der Waals surface area contributed by atoms with Crippen LogP contribution >= 0.6 is 15.9 Å². The number of hydrogen-bond acceptors (Lipinski definition) is 3. The molecule has 0 aliphatic heterocycles. The molecular formula is C11H12BrF3N2O2S. The molecule has 0 bridgehead atoms. The molecule has 1 fully saturated rings. The first-order valence-electron chi connectivity index (χ1n) is 5.70. The minimum atomic E-state index is -4.60. The summed E-state index contributed by atoms with van der Waals surface area (Å²) in [5, 5.41) is 0. The van der Waals surface area contributed by atoms with E-state index in [1.165, 1.54) is 12.1 Å². The number of halogens is 4. The van der Waals surface area contributed by atoms with Crippen molar-refractivity contribution in [1.82, 2.24) is 4.72 Å². The summed E-state index contributed by atoms with van der Waals surface area (Å²) in [7, 11) is -4.27. The summed E-state index contributed by atoms with van der Waals surface area (Å²) in [5.74, 6) is 0. The van der Waals surface area contributed by atoms with E-state index in [-0.39, 0.29) is 28.8 Å². The van der Waals surface area contributed by atoms with Crippen molar-refractivity contribution >= 4 is 26.0 Å². The van der Waals surface area contributed by atoms with Gasteiger partial charge in [0.05, 0.1) is 4.90 Å². The van der Waals surface area contributed by atoms with Crippen molar-refractivity contribution in [3.63, 3.8) is 0 Å². The predicted molar refractivity (Wildman–Crippen MR) is 70.4 cm³/mol. The third-order valence-electron chi connectivity index (χ3n) is 3.14. The second-order valence-corrected chi connectivity index (χ2v) is 7.16. The first-order valence-corrected chi connectivity index (χ1v) is 7.98. The van der Waals surface area contributed by atoms with Crippen LogP contribution in [0.2, 0.25) is 0 Å². The van der Waals surface area contributed by atoms with Crippen molar-refractivity contribution in [2.75, 3.05) is 0 Å². The normalized spacial score (nSPS) is 18.1. The average molecular weight is 373 g/mol. The maximum absolute atomic E-state index is 12.8. The molecule has 0 amide bonds. The highest BCUT2D eigenvalue weighted by molar-refractivity contribution is 9.10. The molecule has 2 rings (SSSR count). The van der Waals surface area contributed by atoms with Crippen LogP contribution in [0, 0.1) is 0 Å². The van der Waals surface area contributed by atoms with Crippen LogP contribution in [0.3, 0.4) is 0 Å². The zero-order chi connectivity index (χ0) is 15.2. The Morgan fingerprint density at radius 1 is 1.35 bits per heavy atom. The van der Waals surface area contributed by atoms with E-state index in [1.807, 2.05) is 0 Å². The molecule has 0 spiro atoms. The third-order valence-corrected chi connectivity index (χ3v) is 5.67. The molecule has 1 aliphatic carbocycles. The van der Waals surface area contributed by atoms with Gasteiger partial charge in [-0.25, -0.2) is 8.42 Å². The van der Waals surface area contributed by atoms with Gasteiger partial charge in [-0.2, -0.15) is 17.9 Å². The molecule has 9 heteroatoms. The Bertz CT molecular complexity index is 627. The Kier molecular flexibility index (Phi) is 3.91. The molecule has 0 atom stereocenters. The Balaban J connectivity index is 2.37. The summed E-state index contributed by atoms with van der Waals surface area (Å²) >= 11 is 3.03. The van der Waals surface area contributed by atoms with Gasteiger partial charge in [0, 0.05) is 11.0 Å². The van der Waals surface area contributed by atoms with Crippen LogP contribution in [0.1, 0.15) is 18.4 Å². The third kappa shape index (κ3) is 2.85. The summed E-state index contributed by atoms with van der Waals surface area (Å²) in [6.45, 7) is 0.0974. The summed E-state index contributed by atoms with van der Waals surface area (Å²) in [6, 6.07) is 4.31. The number of benzene rings is 1. The fraction of sp³-hybridized carbons (Fsp3) is 0.455. The van der Waals surface area contributed by atoms with Crippen molar-refractivity contribution in [2.45, 2.75) is 36.0 Å². The number of hydrogen-bond donors (Lipinski definition) is 2. The van der Waals surface area contributed by atoms with E-state index in [0.29, 0.717) is 5.56 Å². The van der Waals surface area contributed by atoms with Crippen molar-refractivity contribution < 1.29 is 21.6 Å². The van der Waals surface area contributed by atoms with Gasteiger partial charge < -0.3 is 5.73 Å². The van der Waals surface area contributed by atoms with Crippen LogP contribution in [-0.2, 0) is 16.6 Å². The summed E-state index contributed by atoms with van der Waals surface area (Å²) in [5.41, 5.74) is 3.60. The second-order valence-electron chi connectivity index (χ2n) is 4.65. The molecule has 0 heterocycles. The molecule has 1 saturated carbocycles. The standard InChI is InChI=1S/C11H12BrF3N2O2S/c12-8-2-1-7(6-16)5-9(8)20(18,19)17-10(3-4-10)11(13,14)15/h1-2,5,17H,3-4,6,16H2. The molecule has 1 aromatic rings. The van der Waals surface area contributed by atoms with Crippen LogP contribution in [0.5, 0.6) is 0 Å². The highest BCUT2D eigenvalue weighted by atomic mass is 79.9. The van der Waals surface area contributed by atoms with E-state index in [1.54, 1.807) is 10.8 Å². The van der Waals surface area contributed by atoms with Crippen LogP contribution in [0.15, 0.2) is 27.6 Å². The predicted octanol–water partition coefficient (Wildman–Crippen LogP) is 2.28. The SMILES string of the molecule is NCc1ccc(Br)c(S(=O)(=O)NC2(C(F)(F)F)CC2)c1. The molecule has 4 nitrogen and oxygen atoms in total. The van der Waals surface area contributed by atoms with Gasteiger partial charge >= 0.3 is 6.18 Å². The molecule has 1 aliphatic rings. The molecule has 20 heavy (non-hydrogen) atoms. The quantitative estimate of drug-likeness (QED) is 0.851. The summed E-state index contributed by atoms with van der Waals surface area (Å²) in [6.07, 6.45) is -5.09.